The summed E-state index contributed by atoms with van der Waals surface area (Å²) < 4.78 is 11.7. The van der Waals surface area contributed by atoms with Crippen LogP contribution in [0.1, 0.15) is 81.0 Å². The minimum Gasteiger partial charge on any atom is -0.466 e. The van der Waals surface area contributed by atoms with Crippen molar-refractivity contribution in [3.8, 4) is 22.3 Å². The Morgan fingerprint density at radius 3 is 1.44 bits per heavy atom. The zero-order chi connectivity index (χ0) is 29.5. The summed E-state index contributed by atoms with van der Waals surface area (Å²) in [5.41, 5.74) is 10.6. The van der Waals surface area contributed by atoms with Gasteiger partial charge in [-0.25, -0.2) is 0 Å². The molecule has 0 amide bonds. The summed E-state index contributed by atoms with van der Waals surface area (Å²) in [5.74, 6) is -0.110. The first-order valence-electron chi connectivity index (χ1n) is 16.2. The van der Waals surface area contributed by atoms with Gasteiger partial charge in [-0.3, -0.25) is 4.79 Å². The lowest BCUT2D eigenvalue weighted by Gasteiger charge is -2.52. The van der Waals surface area contributed by atoms with Crippen LogP contribution in [0.2, 0.25) is 0 Å². The molecule has 0 spiro atoms. The molecule has 0 radical (unpaired) electrons. The van der Waals surface area contributed by atoms with Crippen LogP contribution in [0.4, 0.5) is 0 Å². The van der Waals surface area contributed by atoms with Crippen LogP contribution < -0.4 is 0 Å². The molecule has 4 aromatic carbocycles. The highest BCUT2D eigenvalue weighted by molar-refractivity contribution is 5.83. The molecule has 3 nitrogen and oxygen atoms in total. The van der Waals surface area contributed by atoms with Crippen LogP contribution >= 0.6 is 0 Å². The summed E-state index contributed by atoms with van der Waals surface area (Å²) >= 11 is 0. The van der Waals surface area contributed by atoms with E-state index in [9.17, 15) is 4.79 Å². The zero-order valence-electron chi connectivity index (χ0n) is 25.5. The van der Waals surface area contributed by atoms with Crippen molar-refractivity contribution in [2.75, 3.05) is 19.8 Å². The number of carbonyl (C=O) groups excluding carboxylic acids is 1. The molecule has 0 bridgehead atoms. The first-order chi connectivity index (χ1) is 21.1. The summed E-state index contributed by atoms with van der Waals surface area (Å²) in [6.45, 7) is 6.10. The minimum absolute atomic E-state index is 0.0302. The Kier molecular flexibility index (Phi) is 7.26. The molecule has 1 fully saturated rings. The smallest absolute Gasteiger partial charge is 0.305 e. The Labute approximate surface area is 256 Å². The fourth-order valence-electron chi connectivity index (χ4n) is 8.89. The van der Waals surface area contributed by atoms with Gasteiger partial charge in [-0.2, -0.15) is 0 Å². The lowest BCUT2D eigenvalue weighted by Crippen LogP contribution is -2.51. The second-order valence-electron chi connectivity index (χ2n) is 13.1. The molecular formula is C40H42O3. The Morgan fingerprint density at radius 2 is 1.07 bits per heavy atom. The molecule has 4 aromatic rings. The number of ether oxygens (including phenoxy) is 2. The third-order valence-corrected chi connectivity index (χ3v) is 10.5. The molecule has 0 aromatic heterocycles. The summed E-state index contributed by atoms with van der Waals surface area (Å²) in [5, 5.41) is 0. The predicted octanol–water partition coefficient (Wildman–Crippen LogP) is 9.25. The van der Waals surface area contributed by atoms with E-state index in [2.05, 4.69) is 104 Å². The molecule has 7 rings (SSSR count). The van der Waals surface area contributed by atoms with E-state index in [1.54, 1.807) is 0 Å². The molecule has 0 unspecified atom stereocenters. The number of carbonyl (C=O) groups is 1. The van der Waals surface area contributed by atoms with Crippen molar-refractivity contribution in [2.24, 2.45) is 5.41 Å². The third-order valence-electron chi connectivity index (χ3n) is 10.5. The van der Waals surface area contributed by atoms with E-state index in [0.29, 0.717) is 13.0 Å². The van der Waals surface area contributed by atoms with Crippen molar-refractivity contribution in [2.45, 2.75) is 69.6 Å². The number of unbranched alkanes of at least 4 members (excludes halogenated alkanes) is 1. The van der Waals surface area contributed by atoms with Crippen LogP contribution in [0.25, 0.3) is 22.3 Å². The van der Waals surface area contributed by atoms with E-state index < -0.39 is 0 Å². The average molecular weight is 571 g/mol. The van der Waals surface area contributed by atoms with Crippen molar-refractivity contribution >= 4 is 5.97 Å². The zero-order valence-corrected chi connectivity index (χ0v) is 25.5. The molecular weight excluding hydrogens is 528 g/mol. The van der Waals surface area contributed by atoms with Gasteiger partial charge in [-0.15, -0.1) is 0 Å². The van der Waals surface area contributed by atoms with Gasteiger partial charge in [0, 0.05) is 22.7 Å². The third kappa shape index (κ3) is 4.47. The Hall–Kier alpha value is -3.69. The number of benzene rings is 4. The largest absolute Gasteiger partial charge is 0.466 e. The first-order valence-corrected chi connectivity index (χ1v) is 16.2. The predicted molar refractivity (Wildman–Crippen MR) is 173 cm³/mol. The highest BCUT2D eigenvalue weighted by atomic mass is 16.5. The molecule has 1 saturated heterocycles. The van der Waals surface area contributed by atoms with Gasteiger partial charge in [0.25, 0.3) is 0 Å². The Balaban J connectivity index is 1.36. The number of fused-ring (bicyclic) bond motifs is 6. The molecule has 1 heterocycles. The van der Waals surface area contributed by atoms with Crippen molar-refractivity contribution in [1.82, 2.24) is 0 Å². The van der Waals surface area contributed by atoms with E-state index in [1.165, 1.54) is 57.3 Å². The Bertz CT molecular complexity index is 1550. The molecule has 220 valence electrons. The number of hydrogen-bond acceptors (Lipinski definition) is 3. The maximum Gasteiger partial charge on any atom is 0.305 e. The number of hydrogen-bond donors (Lipinski definition) is 0. The summed E-state index contributed by atoms with van der Waals surface area (Å²) in [6.07, 6.45) is 6.60. The maximum absolute atomic E-state index is 12.9. The normalized spacial score (nSPS) is 17.7. The van der Waals surface area contributed by atoms with Crippen LogP contribution in [0.5, 0.6) is 0 Å². The standard InChI is InChI=1S/C40H42O3/c1-3-5-23-39(33-18-10-6-14-29(33)30-15-7-11-19-34(30)39)25-38(27-42-28-38)26-40(24-22-37(41)43-4-2)35-20-12-8-16-31(35)32-17-9-13-21-36(32)40/h6-21H,3-5,22-28H2,1-2H3. The van der Waals surface area contributed by atoms with E-state index >= 15 is 0 Å². The second-order valence-corrected chi connectivity index (χ2v) is 13.1. The monoisotopic (exact) mass is 570 g/mol. The van der Waals surface area contributed by atoms with Gasteiger partial charge in [0.05, 0.1) is 19.8 Å². The fraction of sp³-hybridized carbons (Fsp3) is 0.375. The summed E-state index contributed by atoms with van der Waals surface area (Å²) in [6, 6.07) is 36.0. The average Bonchev–Trinajstić information content (AvgIpc) is 3.46. The topological polar surface area (TPSA) is 35.5 Å². The van der Waals surface area contributed by atoms with Gasteiger partial charge in [0.2, 0.25) is 0 Å². The minimum atomic E-state index is -0.284. The second kappa shape index (κ2) is 11.1. The lowest BCUT2D eigenvalue weighted by atomic mass is 9.56. The van der Waals surface area contributed by atoms with E-state index in [1.807, 2.05) is 6.92 Å². The number of rotatable bonds is 11. The van der Waals surface area contributed by atoms with Crippen molar-refractivity contribution in [1.29, 1.82) is 0 Å². The SMILES string of the molecule is CCCCC1(CC2(CC3(CCC(=O)OCC)c4ccccc4-c4ccccc43)COC2)c2ccccc2-c2ccccc21. The fourth-order valence-corrected chi connectivity index (χ4v) is 8.89. The highest BCUT2D eigenvalue weighted by Gasteiger charge is 2.56. The van der Waals surface area contributed by atoms with Crippen LogP contribution in [-0.4, -0.2) is 25.8 Å². The van der Waals surface area contributed by atoms with Gasteiger partial charge in [0.15, 0.2) is 0 Å². The number of esters is 1. The van der Waals surface area contributed by atoms with Gasteiger partial charge >= 0.3 is 5.97 Å². The molecule has 43 heavy (non-hydrogen) atoms. The van der Waals surface area contributed by atoms with Crippen LogP contribution in [-0.2, 0) is 25.1 Å². The van der Waals surface area contributed by atoms with E-state index in [-0.39, 0.29) is 22.2 Å². The molecule has 1 aliphatic heterocycles. The van der Waals surface area contributed by atoms with Crippen LogP contribution in [0.15, 0.2) is 97.1 Å². The molecule has 0 atom stereocenters. The molecule has 2 aliphatic carbocycles. The van der Waals surface area contributed by atoms with Gasteiger partial charge < -0.3 is 9.47 Å². The van der Waals surface area contributed by atoms with E-state index in [0.717, 1.165) is 38.9 Å². The molecule has 3 aliphatic rings. The van der Waals surface area contributed by atoms with Crippen LogP contribution in [0.3, 0.4) is 0 Å². The first kappa shape index (κ1) is 28.1. The Morgan fingerprint density at radius 1 is 0.651 bits per heavy atom. The highest BCUT2D eigenvalue weighted by Crippen LogP contribution is 2.62. The van der Waals surface area contributed by atoms with Gasteiger partial charge in [-0.1, -0.05) is 117 Å². The molecule has 0 N–H and O–H groups in total. The van der Waals surface area contributed by atoms with Gasteiger partial charge in [-0.05, 0) is 77.1 Å². The van der Waals surface area contributed by atoms with Crippen molar-refractivity contribution < 1.29 is 14.3 Å². The maximum atomic E-state index is 12.9. The van der Waals surface area contributed by atoms with Gasteiger partial charge in [0.1, 0.15) is 0 Å². The molecule has 3 heteroatoms. The van der Waals surface area contributed by atoms with Crippen molar-refractivity contribution in [3.05, 3.63) is 119 Å². The summed E-state index contributed by atoms with van der Waals surface area (Å²) in [7, 11) is 0. The van der Waals surface area contributed by atoms with Crippen molar-refractivity contribution in [3.63, 3.8) is 0 Å². The summed E-state index contributed by atoms with van der Waals surface area (Å²) in [4.78, 5) is 12.9. The van der Waals surface area contributed by atoms with E-state index in [4.69, 9.17) is 9.47 Å². The lowest BCUT2D eigenvalue weighted by molar-refractivity contribution is -0.145. The quantitative estimate of drug-likeness (QED) is 0.169. The van der Waals surface area contributed by atoms with Crippen LogP contribution in [0, 0.1) is 5.41 Å². The molecule has 0 saturated carbocycles.